The molecule has 0 radical (unpaired) electrons. The Labute approximate surface area is 161 Å². The summed E-state index contributed by atoms with van der Waals surface area (Å²) in [5.41, 5.74) is 0.524. The lowest BCUT2D eigenvalue weighted by Gasteiger charge is -2.22. The summed E-state index contributed by atoms with van der Waals surface area (Å²) in [6.07, 6.45) is -4.61. The minimum Gasteiger partial charge on any atom is -0.325 e. The van der Waals surface area contributed by atoms with Gasteiger partial charge in [-0.15, -0.1) is 0 Å². The number of halogens is 3. The molecular formula is C21H21F3N2O2. The monoisotopic (exact) mass is 390 g/mol. The van der Waals surface area contributed by atoms with E-state index < -0.39 is 23.6 Å². The fraction of sp³-hybridized carbons (Fsp3) is 0.333. The molecule has 0 aromatic heterocycles. The van der Waals surface area contributed by atoms with Gasteiger partial charge in [0.1, 0.15) is 0 Å². The molecule has 1 unspecified atom stereocenters. The molecule has 28 heavy (non-hydrogen) atoms. The molecule has 1 N–H and O–H groups in total. The van der Waals surface area contributed by atoms with Gasteiger partial charge < -0.3 is 10.2 Å². The van der Waals surface area contributed by atoms with Crippen LogP contribution in [0.3, 0.4) is 0 Å². The van der Waals surface area contributed by atoms with Crippen LogP contribution in [0.2, 0.25) is 0 Å². The highest BCUT2D eigenvalue weighted by Gasteiger charge is 2.38. The summed E-state index contributed by atoms with van der Waals surface area (Å²) in [6.45, 7) is 4.16. The number of anilines is 2. The van der Waals surface area contributed by atoms with Gasteiger partial charge in [-0.1, -0.05) is 44.2 Å². The van der Waals surface area contributed by atoms with Crippen LogP contribution < -0.4 is 10.2 Å². The maximum absolute atomic E-state index is 13.1. The number of hydrogen-bond donors (Lipinski definition) is 1. The number of nitrogens with zero attached hydrogens (tertiary/aromatic N) is 1. The predicted molar refractivity (Wildman–Crippen MR) is 101 cm³/mol. The second kappa shape index (κ2) is 7.66. The summed E-state index contributed by atoms with van der Waals surface area (Å²) < 4.78 is 39.4. The van der Waals surface area contributed by atoms with Crippen molar-refractivity contribution in [2.45, 2.75) is 32.4 Å². The van der Waals surface area contributed by atoms with Crippen LogP contribution in [0.15, 0.2) is 48.5 Å². The van der Waals surface area contributed by atoms with Crippen LogP contribution in [-0.4, -0.2) is 18.4 Å². The van der Waals surface area contributed by atoms with E-state index in [1.165, 1.54) is 18.2 Å². The average Bonchev–Trinajstić information content (AvgIpc) is 3.03. The topological polar surface area (TPSA) is 49.4 Å². The Balaban J connectivity index is 1.79. The number of amides is 2. The van der Waals surface area contributed by atoms with Crippen molar-refractivity contribution in [1.82, 2.24) is 0 Å². The normalized spacial score (nSPS) is 17.3. The highest BCUT2D eigenvalue weighted by molar-refractivity contribution is 6.04. The van der Waals surface area contributed by atoms with Gasteiger partial charge in [0, 0.05) is 18.7 Å². The first-order valence-corrected chi connectivity index (χ1v) is 9.05. The Kier molecular flexibility index (Phi) is 5.45. The van der Waals surface area contributed by atoms with Crippen molar-refractivity contribution in [3.8, 4) is 0 Å². The van der Waals surface area contributed by atoms with Crippen LogP contribution in [0.1, 0.15) is 37.3 Å². The molecule has 0 aliphatic carbocycles. The number of carbonyl (C=O) groups is 2. The van der Waals surface area contributed by atoms with E-state index in [4.69, 9.17) is 0 Å². The molecule has 1 aliphatic heterocycles. The molecule has 1 aliphatic rings. The number of benzene rings is 2. The summed E-state index contributed by atoms with van der Waals surface area (Å²) >= 11 is 0. The molecule has 1 fully saturated rings. The van der Waals surface area contributed by atoms with Gasteiger partial charge in [-0.25, -0.2) is 0 Å². The van der Waals surface area contributed by atoms with Crippen LogP contribution in [0.25, 0.3) is 0 Å². The summed E-state index contributed by atoms with van der Waals surface area (Å²) in [7, 11) is 0. The van der Waals surface area contributed by atoms with Gasteiger partial charge in [-0.05, 0) is 29.7 Å². The Morgan fingerprint density at radius 1 is 1.11 bits per heavy atom. The highest BCUT2D eigenvalue weighted by atomic mass is 19.4. The third kappa shape index (κ3) is 4.03. The molecule has 0 spiro atoms. The Hall–Kier alpha value is -2.83. The molecule has 1 heterocycles. The van der Waals surface area contributed by atoms with Crippen molar-refractivity contribution in [1.29, 1.82) is 0 Å². The van der Waals surface area contributed by atoms with Gasteiger partial charge in [-0.3, -0.25) is 9.59 Å². The quantitative estimate of drug-likeness (QED) is 0.814. The second-order valence-corrected chi connectivity index (χ2v) is 7.15. The first-order chi connectivity index (χ1) is 13.2. The first kappa shape index (κ1) is 19.9. The second-order valence-electron chi connectivity index (χ2n) is 7.15. The Bertz CT molecular complexity index is 893. The van der Waals surface area contributed by atoms with Crippen molar-refractivity contribution in [2.24, 2.45) is 5.92 Å². The van der Waals surface area contributed by atoms with Crippen LogP contribution in [0.4, 0.5) is 24.5 Å². The maximum Gasteiger partial charge on any atom is 0.418 e. The molecule has 0 saturated carbocycles. The van der Waals surface area contributed by atoms with Crippen LogP contribution in [0.5, 0.6) is 0 Å². The van der Waals surface area contributed by atoms with Crippen LogP contribution in [0, 0.1) is 5.92 Å². The SMILES string of the molecule is CC(C)c1ccccc1N1CC(C(=O)Nc2ccccc2C(F)(F)F)CC1=O. The van der Waals surface area contributed by atoms with Crippen LogP contribution in [-0.2, 0) is 15.8 Å². The molecule has 0 bridgehead atoms. The average molecular weight is 390 g/mol. The minimum absolute atomic E-state index is 0.0353. The Morgan fingerprint density at radius 3 is 2.43 bits per heavy atom. The highest BCUT2D eigenvalue weighted by Crippen LogP contribution is 2.36. The number of nitrogens with one attached hydrogen (secondary N) is 1. The third-order valence-corrected chi connectivity index (χ3v) is 4.84. The number of para-hydroxylation sites is 2. The lowest BCUT2D eigenvalue weighted by Crippen LogP contribution is -2.29. The van der Waals surface area contributed by atoms with E-state index in [1.807, 2.05) is 38.1 Å². The number of carbonyl (C=O) groups excluding carboxylic acids is 2. The predicted octanol–water partition coefficient (Wildman–Crippen LogP) is 4.82. The van der Waals surface area contributed by atoms with Gasteiger partial charge >= 0.3 is 6.18 Å². The van der Waals surface area contributed by atoms with Crippen molar-refractivity contribution in [2.75, 3.05) is 16.8 Å². The van der Waals surface area contributed by atoms with Crippen molar-refractivity contribution < 1.29 is 22.8 Å². The van der Waals surface area contributed by atoms with E-state index in [1.54, 1.807) is 4.90 Å². The molecule has 2 aromatic rings. The largest absolute Gasteiger partial charge is 0.418 e. The number of alkyl halides is 3. The molecule has 7 heteroatoms. The van der Waals surface area contributed by atoms with E-state index in [-0.39, 0.29) is 30.5 Å². The van der Waals surface area contributed by atoms with Crippen molar-refractivity contribution in [3.05, 3.63) is 59.7 Å². The molecular weight excluding hydrogens is 369 g/mol. The Morgan fingerprint density at radius 2 is 1.75 bits per heavy atom. The molecule has 148 valence electrons. The van der Waals surface area contributed by atoms with E-state index in [2.05, 4.69) is 5.32 Å². The van der Waals surface area contributed by atoms with E-state index in [0.29, 0.717) is 0 Å². The maximum atomic E-state index is 13.1. The zero-order valence-corrected chi connectivity index (χ0v) is 15.6. The van der Waals surface area contributed by atoms with E-state index in [9.17, 15) is 22.8 Å². The summed E-state index contributed by atoms with van der Waals surface area (Å²) in [4.78, 5) is 26.6. The fourth-order valence-electron chi connectivity index (χ4n) is 3.41. The van der Waals surface area contributed by atoms with Gasteiger partial charge in [0.05, 0.1) is 17.2 Å². The first-order valence-electron chi connectivity index (χ1n) is 9.05. The smallest absolute Gasteiger partial charge is 0.325 e. The summed E-state index contributed by atoms with van der Waals surface area (Å²) in [6, 6.07) is 12.3. The fourth-order valence-corrected chi connectivity index (χ4v) is 3.41. The molecule has 2 amide bonds. The van der Waals surface area contributed by atoms with E-state index >= 15 is 0 Å². The standard InChI is InChI=1S/C21H21F3N2O2/c1-13(2)15-7-3-6-10-18(15)26-12-14(11-19(26)27)20(28)25-17-9-5-4-8-16(17)21(22,23)24/h3-10,13-14H,11-12H2,1-2H3,(H,25,28). The van der Waals surface area contributed by atoms with Gasteiger partial charge in [-0.2, -0.15) is 13.2 Å². The summed E-state index contributed by atoms with van der Waals surface area (Å²) in [5.74, 6) is -1.32. The van der Waals surface area contributed by atoms with E-state index in [0.717, 1.165) is 17.3 Å². The zero-order chi connectivity index (χ0) is 20.5. The zero-order valence-electron chi connectivity index (χ0n) is 15.6. The molecule has 3 rings (SSSR count). The van der Waals surface area contributed by atoms with Gasteiger partial charge in [0.2, 0.25) is 11.8 Å². The minimum atomic E-state index is -4.57. The lowest BCUT2D eigenvalue weighted by molar-refractivity contribution is -0.137. The number of hydrogen-bond acceptors (Lipinski definition) is 2. The summed E-state index contributed by atoms with van der Waals surface area (Å²) in [5, 5.41) is 2.35. The van der Waals surface area contributed by atoms with Gasteiger partial charge in [0.25, 0.3) is 0 Å². The van der Waals surface area contributed by atoms with Crippen molar-refractivity contribution >= 4 is 23.2 Å². The third-order valence-electron chi connectivity index (χ3n) is 4.84. The van der Waals surface area contributed by atoms with Gasteiger partial charge in [0.15, 0.2) is 0 Å². The number of rotatable bonds is 4. The molecule has 1 saturated heterocycles. The van der Waals surface area contributed by atoms with Crippen molar-refractivity contribution in [3.63, 3.8) is 0 Å². The lowest BCUT2D eigenvalue weighted by atomic mass is 10.0. The van der Waals surface area contributed by atoms with Crippen LogP contribution >= 0.6 is 0 Å². The molecule has 2 aromatic carbocycles. The molecule has 1 atom stereocenters. The molecule has 4 nitrogen and oxygen atoms in total.